The van der Waals surface area contributed by atoms with E-state index in [1.54, 1.807) is 38.1 Å². The molecular formula is C44H52Cl2N4O17. The number of nitrogens with zero attached hydrogens (tertiary/aromatic N) is 2. The van der Waals surface area contributed by atoms with Gasteiger partial charge in [-0.25, -0.2) is 0 Å². The van der Waals surface area contributed by atoms with Crippen molar-refractivity contribution in [3.8, 4) is 11.5 Å². The number of nitrogens with two attached hydrogens (primary N) is 2. The summed E-state index contributed by atoms with van der Waals surface area (Å²) in [5, 5.41) is 110. The summed E-state index contributed by atoms with van der Waals surface area (Å²) in [5.41, 5.74) is 2.94. The molecule has 0 aliphatic heterocycles. The molecule has 12 atom stereocenters. The predicted molar refractivity (Wildman–Crippen MR) is 239 cm³/mol. The summed E-state index contributed by atoms with van der Waals surface area (Å²) in [6, 6.07) is 6.26. The monoisotopic (exact) mass is 978 g/mol. The van der Waals surface area contributed by atoms with Gasteiger partial charge < -0.3 is 68.0 Å². The molecule has 0 bridgehead atoms. The quantitative estimate of drug-likeness (QED) is 0.164. The molecule has 2 saturated carbocycles. The number of fused-ring (bicyclic) bond motifs is 6. The van der Waals surface area contributed by atoms with Gasteiger partial charge >= 0.3 is 0 Å². The van der Waals surface area contributed by atoms with E-state index in [4.69, 9.17) is 11.5 Å². The number of hydrogen-bond acceptors (Lipinski definition) is 18. The highest BCUT2D eigenvalue weighted by Gasteiger charge is 2.70. The minimum Gasteiger partial charge on any atom is -0.508 e. The second-order valence-corrected chi connectivity index (χ2v) is 17.6. The Morgan fingerprint density at radius 1 is 0.582 bits per heavy atom. The maximum atomic E-state index is 13.7. The number of rotatable bonds is 4. The molecule has 21 nitrogen and oxygen atoms in total. The van der Waals surface area contributed by atoms with Crippen LogP contribution in [0.4, 0.5) is 0 Å². The molecule has 0 spiro atoms. The zero-order chi connectivity index (χ0) is 47.7. The maximum Gasteiger partial charge on any atom is 0.255 e. The minimum atomic E-state index is -2.89. The van der Waals surface area contributed by atoms with E-state index in [2.05, 4.69) is 0 Å². The number of aromatic hydroxyl groups is 2. The Morgan fingerprint density at radius 3 is 1.15 bits per heavy atom. The van der Waals surface area contributed by atoms with Gasteiger partial charge in [-0.15, -0.1) is 24.8 Å². The van der Waals surface area contributed by atoms with E-state index in [0.29, 0.717) is 11.1 Å². The van der Waals surface area contributed by atoms with Gasteiger partial charge in [0.05, 0.1) is 47.3 Å². The van der Waals surface area contributed by atoms with Crippen LogP contribution in [0.1, 0.15) is 47.9 Å². The van der Waals surface area contributed by atoms with Crippen LogP contribution in [0.15, 0.2) is 70.2 Å². The van der Waals surface area contributed by atoms with Crippen molar-refractivity contribution in [1.82, 2.24) is 9.80 Å². The van der Waals surface area contributed by atoms with E-state index in [0.717, 1.165) is 0 Å². The Hall–Kier alpha value is -5.88. The number of ketones is 4. The lowest BCUT2D eigenvalue weighted by Gasteiger charge is -2.53. The molecule has 6 aliphatic rings. The smallest absolute Gasteiger partial charge is 0.255 e. The zero-order valence-corrected chi connectivity index (χ0v) is 38.2. The summed E-state index contributed by atoms with van der Waals surface area (Å²) in [6.07, 6.45) is -3.18. The number of hydrogen-bond donors (Lipinski definition) is 12. The standard InChI is InChI=1S/2C22H24N2O8.2ClH.H2O/c2*1-7-8-5-4-6-9(25)11(8)16(26)12-10(7)17(27)14-15(24(2)3)18(28)13(21(23)31)20(30)22(14,32)19(12)29;;;/h2*4-7,10,14-15,17,25-27,30,32H,1-3H3,(H2,23,31);2*1H;1H2/t2*7-,10+,14+,15-,17-,22-;;;/m00.../s1. The Morgan fingerprint density at radius 2 is 0.881 bits per heavy atom. The summed E-state index contributed by atoms with van der Waals surface area (Å²) >= 11 is 0. The number of aliphatic hydroxyl groups excluding tert-OH is 6. The lowest BCUT2D eigenvalue weighted by Crippen LogP contribution is -2.70. The number of likely N-dealkylation sites (N-methyl/N-ethyl adjacent to an activating group) is 2. The lowest BCUT2D eigenvalue weighted by atomic mass is 9.54. The maximum absolute atomic E-state index is 13.7. The van der Waals surface area contributed by atoms with Crippen LogP contribution in [-0.2, 0) is 28.8 Å². The predicted octanol–water partition coefficient (Wildman–Crippen LogP) is -0.989. The second kappa shape index (κ2) is 18.0. The van der Waals surface area contributed by atoms with Gasteiger partial charge in [0.15, 0.2) is 22.8 Å². The van der Waals surface area contributed by atoms with Crippen molar-refractivity contribution in [3.63, 3.8) is 0 Å². The molecule has 67 heavy (non-hydrogen) atoms. The fourth-order valence-electron chi connectivity index (χ4n) is 11.2. The molecule has 6 aliphatic carbocycles. The minimum absolute atomic E-state index is 0. The van der Waals surface area contributed by atoms with Gasteiger partial charge in [0.2, 0.25) is 11.6 Å². The summed E-state index contributed by atoms with van der Waals surface area (Å²) < 4.78 is 0. The number of halogens is 2. The molecule has 23 heteroatoms. The molecule has 0 saturated heterocycles. The van der Waals surface area contributed by atoms with Gasteiger partial charge in [0.1, 0.15) is 45.7 Å². The van der Waals surface area contributed by atoms with Gasteiger partial charge in [0.25, 0.3) is 11.8 Å². The van der Waals surface area contributed by atoms with Crippen LogP contribution >= 0.6 is 24.8 Å². The fraction of sp³-hybridized carbons (Fsp3) is 0.409. The first-order valence-electron chi connectivity index (χ1n) is 20.0. The van der Waals surface area contributed by atoms with Crippen LogP contribution in [0.2, 0.25) is 0 Å². The molecule has 2 amide bonds. The molecule has 8 rings (SSSR count). The molecule has 0 unspecified atom stereocenters. The zero-order valence-electron chi connectivity index (χ0n) is 36.5. The molecule has 2 fully saturated rings. The Balaban J connectivity index is 0.000000280. The third-order valence-corrected chi connectivity index (χ3v) is 14.0. The number of primary amides is 2. The molecule has 0 aromatic heterocycles. The number of carbonyl (C=O) groups excluding carboxylic acids is 6. The number of phenolic OH excluding ortho intramolecular Hbond substituents is 2. The number of aliphatic hydroxyl groups is 8. The number of Topliss-reactive ketones (excluding diaryl/α,β-unsaturated/α-hetero) is 4. The number of amides is 2. The van der Waals surface area contributed by atoms with Crippen molar-refractivity contribution in [1.29, 1.82) is 0 Å². The summed E-state index contributed by atoms with van der Waals surface area (Å²) in [7, 11) is 5.84. The highest BCUT2D eigenvalue weighted by molar-refractivity contribution is 6.26. The van der Waals surface area contributed by atoms with Gasteiger partial charge in [0, 0.05) is 23.0 Å². The van der Waals surface area contributed by atoms with E-state index >= 15 is 0 Å². The topological polar surface area (TPSA) is 395 Å². The molecule has 2 aromatic rings. The summed E-state index contributed by atoms with van der Waals surface area (Å²) in [4.78, 5) is 79.9. The van der Waals surface area contributed by atoms with Crippen molar-refractivity contribution in [2.24, 2.45) is 35.1 Å². The first kappa shape index (κ1) is 53.7. The molecule has 364 valence electrons. The van der Waals surface area contributed by atoms with E-state index in [9.17, 15) is 79.8 Å². The van der Waals surface area contributed by atoms with Crippen LogP contribution in [0.5, 0.6) is 11.5 Å². The average Bonchev–Trinajstić information content (AvgIpc) is 3.20. The number of benzene rings is 2. The van der Waals surface area contributed by atoms with Crippen molar-refractivity contribution >= 4 is 71.3 Å². The summed E-state index contributed by atoms with van der Waals surface area (Å²) in [5.74, 6) is -17.7. The number of phenols is 2. The SMILES string of the molecule is C[C@H]1c2cccc(O)c2C(O)=C2C(=O)[C@]3(O)C(O)=C(C(N)=O)C(=O)[C@@H](N(C)C)[C@@H]3[C@@H](O)[C@@H]21.C[C@H]1c2cccc(O)c2C(O)=C2C(=O)[C@]3(O)C(O)=C(C(N)=O)C(=O)[C@@H](N(C)C)[C@@H]3[C@@H](O)[C@@H]21.Cl.Cl.O. The van der Waals surface area contributed by atoms with Crippen molar-refractivity contribution in [2.45, 2.75) is 61.2 Å². The summed E-state index contributed by atoms with van der Waals surface area (Å²) in [6.45, 7) is 3.35. The van der Waals surface area contributed by atoms with Gasteiger partial charge in [-0.05, 0) is 63.3 Å². The molecule has 16 N–H and O–H groups in total. The van der Waals surface area contributed by atoms with Crippen LogP contribution < -0.4 is 11.5 Å². The van der Waals surface area contributed by atoms with E-state index in [1.807, 2.05) is 0 Å². The van der Waals surface area contributed by atoms with Gasteiger partial charge in [-0.3, -0.25) is 38.6 Å². The van der Waals surface area contributed by atoms with Crippen LogP contribution in [0, 0.1) is 23.7 Å². The highest BCUT2D eigenvalue weighted by atomic mass is 35.5. The van der Waals surface area contributed by atoms with Crippen LogP contribution in [0.25, 0.3) is 11.5 Å². The first-order chi connectivity index (χ1) is 29.7. The Labute approximate surface area is 393 Å². The van der Waals surface area contributed by atoms with Crippen LogP contribution in [0.3, 0.4) is 0 Å². The average molecular weight is 980 g/mol. The molecular weight excluding hydrogens is 927 g/mol. The third-order valence-electron chi connectivity index (χ3n) is 14.0. The van der Waals surface area contributed by atoms with Crippen molar-refractivity contribution in [3.05, 3.63) is 92.5 Å². The normalized spacial score (nSPS) is 32.8. The van der Waals surface area contributed by atoms with E-state index < -0.39 is 151 Å². The van der Waals surface area contributed by atoms with E-state index in [1.165, 1.54) is 50.1 Å². The lowest BCUT2D eigenvalue weighted by molar-refractivity contribution is -0.170. The van der Waals surface area contributed by atoms with Crippen molar-refractivity contribution < 1.29 is 85.3 Å². The molecule has 0 heterocycles. The van der Waals surface area contributed by atoms with Crippen LogP contribution in [-0.4, -0.2) is 165 Å². The van der Waals surface area contributed by atoms with E-state index in [-0.39, 0.29) is 52.9 Å². The fourth-order valence-corrected chi connectivity index (χ4v) is 11.2. The largest absolute Gasteiger partial charge is 0.508 e. The van der Waals surface area contributed by atoms with Crippen molar-refractivity contribution in [2.75, 3.05) is 28.2 Å². The molecule has 2 aromatic carbocycles. The van der Waals surface area contributed by atoms with Gasteiger partial charge in [-0.1, -0.05) is 38.1 Å². The number of carbonyl (C=O) groups is 6. The highest BCUT2D eigenvalue weighted by Crippen LogP contribution is 2.58. The molecule has 0 radical (unpaired) electrons. The second-order valence-electron chi connectivity index (χ2n) is 17.6. The Kier molecular flexibility index (Phi) is 14.4. The first-order valence-corrected chi connectivity index (χ1v) is 20.0. The third kappa shape index (κ3) is 7.02. The van der Waals surface area contributed by atoms with Gasteiger partial charge in [-0.2, -0.15) is 0 Å². The Bertz CT molecular complexity index is 2470.